The number of aromatic amines is 1. The van der Waals surface area contributed by atoms with E-state index in [0.717, 1.165) is 12.1 Å². The number of H-pyrrole nitrogens is 1. The number of nitrogens with one attached hydrogen (secondary N) is 1. The number of nitrogens with zero attached hydrogens (tertiary/aromatic N) is 5. The highest BCUT2D eigenvalue weighted by Gasteiger charge is 2.24. The second-order valence-electron chi connectivity index (χ2n) is 6.44. The maximum Gasteiger partial charge on any atom is 0.263 e. The molecular weight excluding hydrogens is 358 g/mol. The summed E-state index contributed by atoms with van der Waals surface area (Å²) in [6.07, 6.45) is 1.46. The third-order valence-corrected chi connectivity index (χ3v) is 4.74. The number of fused-ring (bicyclic) bond motifs is 1. The van der Waals surface area contributed by atoms with E-state index < -0.39 is 18.2 Å². The molecule has 0 unspecified atom stereocenters. The van der Waals surface area contributed by atoms with Crippen LogP contribution in [0.2, 0.25) is 0 Å². The van der Waals surface area contributed by atoms with Crippen molar-refractivity contribution in [1.29, 1.82) is 0 Å². The standard InChI is InChI=1S/C17H18F2N6O2/c1-23-15-11(8-20-23)16(27)22-17(21-15)25-4-2-24(3-5-25)14-12(18)6-10(9-26)7-13(14)19/h6-8,26H,2-5,9H2,1H3,(H,21,22,27). The van der Waals surface area contributed by atoms with Crippen molar-refractivity contribution in [2.24, 2.45) is 7.05 Å². The number of aryl methyl sites for hydroxylation is 1. The summed E-state index contributed by atoms with van der Waals surface area (Å²) in [5.74, 6) is -0.988. The summed E-state index contributed by atoms with van der Waals surface area (Å²) in [5, 5.41) is 13.5. The van der Waals surface area contributed by atoms with Gasteiger partial charge in [-0.25, -0.2) is 8.78 Å². The molecule has 1 aliphatic rings. The topological polar surface area (TPSA) is 90.3 Å². The van der Waals surface area contributed by atoms with E-state index in [4.69, 9.17) is 5.11 Å². The Morgan fingerprint density at radius 3 is 2.41 bits per heavy atom. The average Bonchev–Trinajstić information content (AvgIpc) is 3.03. The summed E-state index contributed by atoms with van der Waals surface area (Å²) in [6.45, 7) is 1.18. The van der Waals surface area contributed by atoms with Crippen LogP contribution in [-0.4, -0.2) is 51.0 Å². The Bertz CT molecular complexity index is 1030. The van der Waals surface area contributed by atoms with Crippen LogP contribution in [0.3, 0.4) is 0 Å². The first-order valence-corrected chi connectivity index (χ1v) is 8.48. The number of aliphatic hydroxyl groups is 1. The lowest BCUT2D eigenvalue weighted by Crippen LogP contribution is -2.48. The van der Waals surface area contributed by atoms with Gasteiger partial charge in [0.25, 0.3) is 5.56 Å². The number of rotatable bonds is 3. The maximum atomic E-state index is 14.3. The Labute approximate surface area is 152 Å². The first-order chi connectivity index (χ1) is 13.0. The van der Waals surface area contributed by atoms with Crippen molar-refractivity contribution in [2.75, 3.05) is 36.0 Å². The van der Waals surface area contributed by atoms with Crippen molar-refractivity contribution in [2.45, 2.75) is 6.61 Å². The molecule has 142 valence electrons. The summed E-state index contributed by atoms with van der Waals surface area (Å²) < 4.78 is 30.1. The third kappa shape index (κ3) is 3.01. The molecule has 0 atom stereocenters. The van der Waals surface area contributed by atoms with Crippen molar-refractivity contribution in [1.82, 2.24) is 19.7 Å². The third-order valence-electron chi connectivity index (χ3n) is 4.74. The van der Waals surface area contributed by atoms with E-state index in [0.29, 0.717) is 43.2 Å². The zero-order valence-electron chi connectivity index (χ0n) is 14.6. The molecule has 8 nitrogen and oxygen atoms in total. The number of hydrogen-bond donors (Lipinski definition) is 2. The monoisotopic (exact) mass is 376 g/mol. The van der Waals surface area contributed by atoms with Gasteiger partial charge in [-0.2, -0.15) is 10.1 Å². The fraction of sp³-hybridized carbons (Fsp3) is 0.353. The smallest absolute Gasteiger partial charge is 0.263 e. The van der Waals surface area contributed by atoms with E-state index >= 15 is 0 Å². The van der Waals surface area contributed by atoms with Gasteiger partial charge in [0, 0.05) is 33.2 Å². The maximum absolute atomic E-state index is 14.3. The number of aromatic nitrogens is 4. The molecule has 10 heteroatoms. The van der Waals surface area contributed by atoms with Crippen LogP contribution in [0.1, 0.15) is 5.56 Å². The lowest BCUT2D eigenvalue weighted by Gasteiger charge is -2.36. The highest BCUT2D eigenvalue weighted by atomic mass is 19.1. The second-order valence-corrected chi connectivity index (χ2v) is 6.44. The Hall–Kier alpha value is -3.01. The molecule has 0 bridgehead atoms. The lowest BCUT2D eigenvalue weighted by atomic mass is 10.1. The molecule has 4 rings (SSSR count). The van der Waals surface area contributed by atoms with Gasteiger partial charge in [0.15, 0.2) is 5.65 Å². The molecule has 0 spiro atoms. The number of aliphatic hydroxyl groups excluding tert-OH is 1. The first-order valence-electron chi connectivity index (χ1n) is 8.48. The fourth-order valence-corrected chi connectivity index (χ4v) is 3.32. The normalized spacial score (nSPS) is 15.0. The SMILES string of the molecule is Cn1ncc2c(=O)[nH]c(N3CCN(c4c(F)cc(CO)cc4F)CC3)nc21. The van der Waals surface area contributed by atoms with Crippen LogP contribution >= 0.6 is 0 Å². The Kier molecular flexibility index (Phi) is 4.27. The van der Waals surface area contributed by atoms with Crippen LogP contribution in [0.4, 0.5) is 20.4 Å². The van der Waals surface area contributed by atoms with Crippen molar-refractivity contribution in [3.8, 4) is 0 Å². The predicted octanol–water partition coefficient (Wildman–Crippen LogP) is 0.754. The molecule has 3 heterocycles. The molecular formula is C17H18F2N6O2. The first kappa shape index (κ1) is 17.4. The minimum Gasteiger partial charge on any atom is -0.392 e. The molecule has 0 aliphatic carbocycles. The largest absolute Gasteiger partial charge is 0.392 e. The van der Waals surface area contributed by atoms with Gasteiger partial charge in [0.2, 0.25) is 5.95 Å². The van der Waals surface area contributed by atoms with Gasteiger partial charge < -0.3 is 14.9 Å². The lowest BCUT2D eigenvalue weighted by molar-refractivity contribution is 0.280. The van der Waals surface area contributed by atoms with Crippen LogP contribution in [0.25, 0.3) is 11.0 Å². The van der Waals surface area contributed by atoms with Crippen LogP contribution in [0, 0.1) is 11.6 Å². The van der Waals surface area contributed by atoms with Crippen LogP contribution in [0.5, 0.6) is 0 Å². The van der Waals surface area contributed by atoms with Crippen LogP contribution in [0.15, 0.2) is 23.1 Å². The molecule has 2 N–H and O–H groups in total. The molecule has 3 aromatic rings. The Morgan fingerprint density at radius 1 is 1.15 bits per heavy atom. The van der Waals surface area contributed by atoms with Crippen LogP contribution < -0.4 is 15.4 Å². The fourth-order valence-electron chi connectivity index (χ4n) is 3.32. The van der Waals surface area contributed by atoms with E-state index in [-0.39, 0.29) is 16.8 Å². The summed E-state index contributed by atoms with van der Waals surface area (Å²) in [5.41, 5.74) is 0.295. The minimum atomic E-state index is -0.699. The zero-order valence-corrected chi connectivity index (χ0v) is 14.6. The number of piperazine rings is 1. The summed E-state index contributed by atoms with van der Waals surface area (Å²) in [7, 11) is 1.71. The molecule has 1 aliphatic heterocycles. The zero-order chi connectivity index (χ0) is 19.1. The molecule has 1 saturated heterocycles. The van der Waals surface area contributed by atoms with E-state index in [1.54, 1.807) is 11.9 Å². The minimum absolute atomic E-state index is 0.101. The van der Waals surface area contributed by atoms with Crippen molar-refractivity contribution < 1.29 is 13.9 Å². The van der Waals surface area contributed by atoms with Crippen molar-refractivity contribution in [3.63, 3.8) is 0 Å². The van der Waals surface area contributed by atoms with E-state index in [1.807, 2.05) is 4.90 Å². The molecule has 0 radical (unpaired) electrons. The van der Waals surface area contributed by atoms with E-state index in [1.165, 1.54) is 10.9 Å². The van der Waals surface area contributed by atoms with E-state index in [2.05, 4.69) is 15.1 Å². The van der Waals surface area contributed by atoms with Gasteiger partial charge in [0.1, 0.15) is 22.7 Å². The predicted molar refractivity (Wildman–Crippen MR) is 95.8 cm³/mol. The molecule has 2 aromatic heterocycles. The average molecular weight is 376 g/mol. The van der Waals surface area contributed by atoms with Gasteiger partial charge in [-0.15, -0.1) is 0 Å². The van der Waals surface area contributed by atoms with Crippen LogP contribution in [-0.2, 0) is 13.7 Å². The quantitative estimate of drug-likeness (QED) is 0.701. The summed E-state index contributed by atoms with van der Waals surface area (Å²) >= 11 is 0. The number of halogens is 2. The second kappa shape index (κ2) is 6.62. The molecule has 1 fully saturated rings. The molecule has 1 aromatic carbocycles. The van der Waals surface area contributed by atoms with Gasteiger partial charge in [-0.05, 0) is 17.7 Å². The van der Waals surface area contributed by atoms with Gasteiger partial charge in [-0.1, -0.05) is 0 Å². The molecule has 0 amide bonds. The van der Waals surface area contributed by atoms with Gasteiger partial charge in [-0.3, -0.25) is 14.5 Å². The Balaban J connectivity index is 1.56. The Morgan fingerprint density at radius 2 is 1.78 bits per heavy atom. The summed E-state index contributed by atoms with van der Waals surface area (Å²) in [6, 6.07) is 2.28. The van der Waals surface area contributed by atoms with Crippen molar-refractivity contribution in [3.05, 3.63) is 45.9 Å². The molecule has 27 heavy (non-hydrogen) atoms. The van der Waals surface area contributed by atoms with Gasteiger partial charge in [0.05, 0.1) is 12.8 Å². The highest BCUT2D eigenvalue weighted by Crippen LogP contribution is 2.26. The molecule has 0 saturated carbocycles. The van der Waals surface area contributed by atoms with E-state index in [9.17, 15) is 13.6 Å². The number of anilines is 2. The number of hydrogen-bond acceptors (Lipinski definition) is 6. The number of benzene rings is 1. The highest BCUT2D eigenvalue weighted by molar-refractivity contribution is 5.74. The van der Waals surface area contributed by atoms with Crippen molar-refractivity contribution >= 4 is 22.7 Å². The summed E-state index contributed by atoms with van der Waals surface area (Å²) in [4.78, 5) is 22.9. The van der Waals surface area contributed by atoms with Gasteiger partial charge >= 0.3 is 0 Å².